The average molecular weight is 211 g/mol. The van der Waals surface area contributed by atoms with E-state index in [-0.39, 0.29) is 11.7 Å². The number of quaternary nitrogens is 1. The third-order valence-corrected chi connectivity index (χ3v) is 2.00. The number of benzene rings is 1. The van der Waals surface area contributed by atoms with Crippen LogP contribution in [0.2, 0.25) is 0 Å². The lowest BCUT2D eigenvalue weighted by molar-refractivity contribution is -0.856. The molecule has 0 spiro atoms. The van der Waals surface area contributed by atoms with E-state index < -0.39 is 0 Å². The molecule has 1 aromatic rings. The third kappa shape index (κ3) is 4.08. The molecule has 82 valence electrons. The van der Waals surface area contributed by atoms with Gasteiger partial charge in [0.1, 0.15) is 5.82 Å². The number of amides is 1. The fourth-order valence-corrected chi connectivity index (χ4v) is 1.16. The molecule has 0 atom stereocenters. The molecule has 1 aromatic carbocycles. The molecule has 0 aliphatic heterocycles. The summed E-state index contributed by atoms with van der Waals surface area (Å²) in [6.45, 7) is 1.44. The van der Waals surface area contributed by atoms with Crippen LogP contribution in [0.3, 0.4) is 0 Å². The predicted molar refractivity (Wildman–Crippen MR) is 56.4 cm³/mol. The lowest BCUT2D eigenvalue weighted by Gasteiger charge is -2.08. The van der Waals surface area contributed by atoms with Gasteiger partial charge in [-0.2, -0.15) is 0 Å². The van der Waals surface area contributed by atoms with Crippen molar-refractivity contribution in [3.63, 3.8) is 0 Å². The summed E-state index contributed by atoms with van der Waals surface area (Å²) in [4.78, 5) is 12.8. The van der Waals surface area contributed by atoms with Crippen molar-refractivity contribution in [1.82, 2.24) is 5.32 Å². The van der Waals surface area contributed by atoms with Gasteiger partial charge in [0.25, 0.3) is 5.91 Å². The number of hydrogen-bond acceptors (Lipinski definition) is 1. The van der Waals surface area contributed by atoms with Crippen molar-refractivity contribution in [1.29, 1.82) is 0 Å². The maximum absolute atomic E-state index is 12.8. The molecule has 0 fully saturated rings. The van der Waals surface area contributed by atoms with Crippen LogP contribution in [0.4, 0.5) is 4.39 Å². The van der Waals surface area contributed by atoms with E-state index in [2.05, 4.69) is 5.32 Å². The fraction of sp³-hybridized carbons (Fsp3) is 0.364. The number of nitrogens with one attached hydrogen (secondary N) is 2. The highest BCUT2D eigenvalue weighted by Crippen LogP contribution is 2.02. The molecular weight excluding hydrogens is 195 g/mol. The largest absolute Gasteiger partial charge is 0.346 e. The molecule has 1 amide bonds. The van der Waals surface area contributed by atoms with Crippen molar-refractivity contribution in [2.24, 2.45) is 0 Å². The van der Waals surface area contributed by atoms with Gasteiger partial charge in [-0.15, -0.1) is 0 Å². The SMILES string of the molecule is C[NH+](C)CCNC(=O)c1cccc(F)c1. The van der Waals surface area contributed by atoms with E-state index in [4.69, 9.17) is 0 Å². The highest BCUT2D eigenvalue weighted by atomic mass is 19.1. The summed E-state index contributed by atoms with van der Waals surface area (Å²) < 4.78 is 12.8. The first-order chi connectivity index (χ1) is 7.09. The van der Waals surface area contributed by atoms with E-state index in [0.717, 1.165) is 6.54 Å². The Morgan fingerprint density at radius 1 is 1.47 bits per heavy atom. The highest BCUT2D eigenvalue weighted by Gasteiger charge is 2.05. The van der Waals surface area contributed by atoms with Crippen LogP contribution in [-0.4, -0.2) is 33.1 Å². The lowest BCUT2D eigenvalue weighted by atomic mass is 10.2. The van der Waals surface area contributed by atoms with Gasteiger partial charge in [-0.1, -0.05) is 6.07 Å². The normalized spacial score (nSPS) is 10.4. The zero-order valence-electron chi connectivity index (χ0n) is 9.01. The molecule has 0 heterocycles. The van der Waals surface area contributed by atoms with Crippen molar-refractivity contribution < 1.29 is 14.1 Å². The smallest absolute Gasteiger partial charge is 0.251 e. The lowest BCUT2D eigenvalue weighted by Crippen LogP contribution is -3.06. The first-order valence-corrected chi connectivity index (χ1v) is 4.92. The minimum atomic E-state index is -0.388. The van der Waals surface area contributed by atoms with Gasteiger partial charge in [0.2, 0.25) is 0 Å². The molecular formula is C11H16FN2O+. The maximum atomic E-state index is 12.8. The Labute approximate surface area is 88.9 Å². The van der Waals surface area contributed by atoms with Gasteiger partial charge in [0, 0.05) is 5.56 Å². The second-order valence-electron chi connectivity index (χ2n) is 3.72. The number of rotatable bonds is 4. The Morgan fingerprint density at radius 3 is 2.80 bits per heavy atom. The summed E-state index contributed by atoms with van der Waals surface area (Å²) in [7, 11) is 4.02. The number of carbonyl (C=O) groups is 1. The van der Waals surface area contributed by atoms with Crippen LogP contribution in [0.15, 0.2) is 24.3 Å². The van der Waals surface area contributed by atoms with Crippen molar-refractivity contribution in [3.8, 4) is 0 Å². The standard InChI is InChI=1S/C11H15FN2O/c1-14(2)7-6-13-11(15)9-4-3-5-10(12)8-9/h3-5,8H,6-7H2,1-2H3,(H,13,15)/p+1. The summed E-state index contributed by atoms with van der Waals surface area (Å²) in [5.41, 5.74) is 0.365. The maximum Gasteiger partial charge on any atom is 0.251 e. The Kier molecular flexibility index (Phi) is 4.24. The fourth-order valence-electron chi connectivity index (χ4n) is 1.16. The van der Waals surface area contributed by atoms with Crippen LogP contribution in [0, 0.1) is 5.82 Å². The van der Waals surface area contributed by atoms with Crippen LogP contribution in [0.25, 0.3) is 0 Å². The molecule has 4 heteroatoms. The van der Waals surface area contributed by atoms with Crippen molar-refractivity contribution in [2.45, 2.75) is 0 Å². The summed E-state index contributed by atoms with van der Waals surface area (Å²) in [6, 6.07) is 5.68. The summed E-state index contributed by atoms with van der Waals surface area (Å²) in [5.74, 6) is -0.614. The van der Waals surface area contributed by atoms with Crippen molar-refractivity contribution in [2.75, 3.05) is 27.2 Å². The molecule has 0 saturated heterocycles. The summed E-state index contributed by atoms with van der Waals surface area (Å²) >= 11 is 0. The first kappa shape index (κ1) is 11.7. The van der Waals surface area contributed by atoms with E-state index in [9.17, 15) is 9.18 Å². The van der Waals surface area contributed by atoms with Crippen molar-refractivity contribution in [3.05, 3.63) is 35.6 Å². The Morgan fingerprint density at radius 2 is 2.20 bits per heavy atom. The second-order valence-corrected chi connectivity index (χ2v) is 3.72. The Bertz CT molecular complexity index is 339. The van der Waals surface area contributed by atoms with Gasteiger partial charge in [0.15, 0.2) is 0 Å². The quantitative estimate of drug-likeness (QED) is 0.704. The van der Waals surface area contributed by atoms with Gasteiger partial charge in [-0.25, -0.2) is 4.39 Å². The molecule has 2 N–H and O–H groups in total. The molecule has 1 rings (SSSR count). The number of carbonyl (C=O) groups excluding carboxylic acids is 1. The van der Waals surface area contributed by atoms with Crippen LogP contribution < -0.4 is 10.2 Å². The minimum absolute atomic E-state index is 0.226. The Balaban J connectivity index is 2.47. The van der Waals surface area contributed by atoms with E-state index in [1.54, 1.807) is 6.07 Å². The van der Waals surface area contributed by atoms with Crippen LogP contribution in [-0.2, 0) is 0 Å². The monoisotopic (exact) mass is 211 g/mol. The van der Waals surface area contributed by atoms with Crippen LogP contribution in [0.1, 0.15) is 10.4 Å². The van der Waals surface area contributed by atoms with E-state index in [1.165, 1.54) is 23.1 Å². The van der Waals surface area contributed by atoms with Crippen LogP contribution in [0.5, 0.6) is 0 Å². The van der Waals surface area contributed by atoms with Gasteiger partial charge in [-0.05, 0) is 18.2 Å². The summed E-state index contributed by atoms with van der Waals surface area (Å²) in [5, 5.41) is 2.73. The molecule has 0 aromatic heterocycles. The predicted octanol–water partition coefficient (Wildman–Crippen LogP) is -0.300. The zero-order valence-corrected chi connectivity index (χ0v) is 9.01. The Hall–Kier alpha value is -1.42. The molecule has 15 heavy (non-hydrogen) atoms. The molecule has 0 radical (unpaired) electrons. The molecule has 3 nitrogen and oxygen atoms in total. The van der Waals surface area contributed by atoms with Gasteiger partial charge < -0.3 is 10.2 Å². The minimum Gasteiger partial charge on any atom is -0.346 e. The van der Waals surface area contributed by atoms with E-state index in [0.29, 0.717) is 12.1 Å². The number of hydrogen-bond donors (Lipinski definition) is 2. The highest BCUT2D eigenvalue weighted by molar-refractivity contribution is 5.94. The molecule has 0 unspecified atom stereocenters. The number of likely N-dealkylation sites (N-methyl/N-ethyl adjacent to an activating group) is 1. The van der Waals surface area contributed by atoms with Gasteiger partial charge in [-0.3, -0.25) is 4.79 Å². The van der Waals surface area contributed by atoms with E-state index in [1.807, 2.05) is 14.1 Å². The van der Waals surface area contributed by atoms with Crippen LogP contribution >= 0.6 is 0 Å². The summed E-state index contributed by atoms with van der Waals surface area (Å²) in [6.07, 6.45) is 0. The molecule has 0 saturated carbocycles. The van der Waals surface area contributed by atoms with E-state index >= 15 is 0 Å². The molecule has 0 aliphatic rings. The molecule has 0 bridgehead atoms. The average Bonchev–Trinajstić information content (AvgIpc) is 2.17. The first-order valence-electron chi connectivity index (χ1n) is 4.92. The van der Waals surface area contributed by atoms with Crippen molar-refractivity contribution >= 4 is 5.91 Å². The van der Waals surface area contributed by atoms with Gasteiger partial charge >= 0.3 is 0 Å². The zero-order chi connectivity index (χ0) is 11.3. The third-order valence-electron chi connectivity index (χ3n) is 2.00. The topological polar surface area (TPSA) is 33.5 Å². The van der Waals surface area contributed by atoms with Gasteiger partial charge in [0.05, 0.1) is 27.2 Å². The molecule has 0 aliphatic carbocycles. The second kappa shape index (κ2) is 5.46. The number of halogens is 1.